The smallest absolute Gasteiger partial charge is 0.251 e. The number of carbonyl (C=O) groups is 2. The average Bonchev–Trinajstić information content (AvgIpc) is 2.83. The maximum atomic E-state index is 12.2. The molecule has 0 heterocycles. The van der Waals surface area contributed by atoms with Gasteiger partial charge < -0.3 is 16.0 Å². The van der Waals surface area contributed by atoms with Crippen LogP contribution < -0.4 is 16.0 Å². The fourth-order valence-electron chi connectivity index (χ4n) is 3.09. The standard InChI is InChI=1S/C19H29N3O2/c1-3-20-19(24)15-11-10-14(2)17(12-15)21-13-18(23)22-16-8-6-4-5-7-9-16/h10-12,16,21H,3-9,13H2,1-2H3,(H,20,24)(H,22,23). The van der Waals surface area contributed by atoms with Crippen molar-refractivity contribution in [3.05, 3.63) is 29.3 Å². The van der Waals surface area contributed by atoms with Crippen LogP contribution in [0.15, 0.2) is 18.2 Å². The third kappa shape index (κ3) is 5.55. The molecule has 2 amide bonds. The van der Waals surface area contributed by atoms with Crippen LogP contribution in [0, 0.1) is 6.92 Å². The minimum Gasteiger partial charge on any atom is -0.376 e. The Morgan fingerprint density at radius 3 is 2.50 bits per heavy atom. The molecule has 0 saturated heterocycles. The van der Waals surface area contributed by atoms with Crippen molar-refractivity contribution in [2.45, 2.75) is 58.4 Å². The largest absolute Gasteiger partial charge is 0.376 e. The van der Waals surface area contributed by atoms with Crippen molar-refractivity contribution in [2.75, 3.05) is 18.4 Å². The molecule has 1 saturated carbocycles. The summed E-state index contributed by atoms with van der Waals surface area (Å²) in [5, 5.41) is 9.08. The lowest BCUT2D eigenvalue weighted by Gasteiger charge is -2.17. The van der Waals surface area contributed by atoms with Crippen LogP contribution in [0.4, 0.5) is 5.69 Å². The van der Waals surface area contributed by atoms with E-state index in [1.807, 2.05) is 19.9 Å². The summed E-state index contributed by atoms with van der Waals surface area (Å²) in [5.74, 6) is -0.0758. The van der Waals surface area contributed by atoms with Crippen molar-refractivity contribution in [2.24, 2.45) is 0 Å². The van der Waals surface area contributed by atoms with Gasteiger partial charge in [-0.2, -0.15) is 0 Å². The van der Waals surface area contributed by atoms with Crippen molar-refractivity contribution >= 4 is 17.5 Å². The zero-order valence-corrected chi connectivity index (χ0v) is 14.8. The van der Waals surface area contributed by atoms with Crippen LogP contribution in [0.5, 0.6) is 0 Å². The fourth-order valence-corrected chi connectivity index (χ4v) is 3.09. The molecule has 3 N–H and O–H groups in total. The zero-order valence-electron chi connectivity index (χ0n) is 14.8. The lowest BCUT2D eigenvalue weighted by Crippen LogP contribution is -2.38. The van der Waals surface area contributed by atoms with E-state index >= 15 is 0 Å². The second-order valence-electron chi connectivity index (χ2n) is 6.50. The Hall–Kier alpha value is -2.04. The lowest BCUT2D eigenvalue weighted by atomic mass is 10.1. The lowest BCUT2D eigenvalue weighted by molar-refractivity contribution is -0.120. The molecular formula is C19H29N3O2. The molecule has 5 nitrogen and oxygen atoms in total. The first kappa shape index (κ1) is 18.3. The van der Waals surface area contributed by atoms with Gasteiger partial charge in [-0.05, 0) is 44.4 Å². The topological polar surface area (TPSA) is 70.2 Å². The summed E-state index contributed by atoms with van der Waals surface area (Å²) in [6.07, 6.45) is 7.11. The number of hydrogen-bond acceptors (Lipinski definition) is 3. The number of aryl methyl sites for hydroxylation is 1. The Balaban J connectivity index is 1.89. The zero-order chi connectivity index (χ0) is 17.4. The predicted molar refractivity (Wildman–Crippen MR) is 97.3 cm³/mol. The van der Waals surface area contributed by atoms with Crippen molar-refractivity contribution in [3.63, 3.8) is 0 Å². The highest BCUT2D eigenvalue weighted by Gasteiger charge is 2.15. The molecule has 1 aromatic carbocycles. The molecule has 2 rings (SSSR count). The molecule has 0 atom stereocenters. The van der Waals surface area contributed by atoms with E-state index in [2.05, 4.69) is 16.0 Å². The monoisotopic (exact) mass is 331 g/mol. The molecule has 1 aromatic rings. The first-order valence-corrected chi connectivity index (χ1v) is 9.02. The molecule has 0 radical (unpaired) electrons. The Labute approximate surface area is 144 Å². The van der Waals surface area contributed by atoms with Gasteiger partial charge in [0.05, 0.1) is 6.54 Å². The number of hydrogen-bond donors (Lipinski definition) is 3. The molecule has 1 aliphatic rings. The van der Waals surface area contributed by atoms with Crippen molar-refractivity contribution in [1.82, 2.24) is 10.6 Å². The van der Waals surface area contributed by atoms with Crippen LogP contribution in [0.1, 0.15) is 61.4 Å². The van der Waals surface area contributed by atoms with E-state index in [1.54, 1.807) is 12.1 Å². The first-order chi connectivity index (χ1) is 11.6. The quantitative estimate of drug-likeness (QED) is 0.702. The van der Waals surface area contributed by atoms with E-state index < -0.39 is 0 Å². The summed E-state index contributed by atoms with van der Waals surface area (Å²) in [4.78, 5) is 24.1. The van der Waals surface area contributed by atoms with Gasteiger partial charge in [0, 0.05) is 23.8 Å². The van der Waals surface area contributed by atoms with Crippen molar-refractivity contribution < 1.29 is 9.59 Å². The van der Waals surface area contributed by atoms with Gasteiger partial charge in [-0.15, -0.1) is 0 Å². The Morgan fingerprint density at radius 1 is 1.12 bits per heavy atom. The molecule has 24 heavy (non-hydrogen) atoms. The van der Waals surface area contributed by atoms with Gasteiger partial charge in [0.1, 0.15) is 0 Å². The Bertz CT molecular complexity index is 564. The van der Waals surface area contributed by atoms with Gasteiger partial charge in [0.15, 0.2) is 0 Å². The third-order valence-electron chi connectivity index (χ3n) is 4.50. The number of carbonyl (C=O) groups excluding carboxylic acids is 2. The van der Waals surface area contributed by atoms with E-state index in [9.17, 15) is 9.59 Å². The molecule has 0 spiro atoms. The molecule has 1 fully saturated rings. The summed E-state index contributed by atoms with van der Waals surface area (Å²) in [6.45, 7) is 4.69. The highest BCUT2D eigenvalue weighted by atomic mass is 16.2. The van der Waals surface area contributed by atoms with Crippen molar-refractivity contribution in [3.8, 4) is 0 Å². The number of amides is 2. The summed E-state index contributed by atoms with van der Waals surface area (Å²) in [7, 11) is 0. The number of benzene rings is 1. The first-order valence-electron chi connectivity index (χ1n) is 9.02. The van der Waals surface area contributed by atoms with Crippen LogP contribution in [0.2, 0.25) is 0 Å². The van der Waals surface area contributed by atoms with Crippen LogP contribution >= 0.6 is 0 Å². The summed E-state index contributed by atoms with van der Waals surface area (Å²) >= 11 is 0. The van der Waals surface area contributed by atoms with E-state index in [0.717, 1.165) is 24.1 Å². The SMILES string of the molecule is CCNC(=O)c1ccc(C)c(NCC(=O)NC2CCCCCC2)c1. The maximum Gasteiger partial charge on any atom is 0.251 e. The molecule has 0 aromatic heterocycles. The van der Waals surface area contributed by atoms with Gasteiger partial charge in [-0.25, -0.2) is 0 Å². The summed E-state index contributed by atoms with van der Waals surface area (Å²) in [6, 6.07) is 5.82. The number of rotatable bonds is 6. The van der Waals surface area contributed by atoms with Crippen LogP contribution in [-0.2, 0) is 4.79 Å². The fraction of sp³-hybridized carbons (Fsp3) is 0.579. The number of nitrogens with one attached hydrogen (secondary N) is 3. The van der Waals surface area contributed by atoms with Crippen LogP contribution in [-0.4, -0.2) is 30.9 Å². The average molecular weight is 331 g/mol. The molecule has 0 bridgehead atoms. The molecule has 0 aliphatic heterocycles. The van der Waals surface area contributed by atoms with E-state index in [0.29, 0.717) is 18.2 Å². The third-order valence-corrected chi connectivity index (χ3v) is 4.50. The Morgan fingerprint density at radius 2 is 1.83 bits per heavy atom. The number of anilines is 1. The minimum absolute atomic E-state index is 0.0183. The molecular weight excluding hydrogens is 302 g/mol. The predicted octanol–water partition coefficient (Wildman–Crippen LogP) is 3.00. The van der Waals surface area contributed by atoms with Gasteiger partial charge in [0.25, 0.3) is 5.91 Å². The second-order valence-corrected chi connectivity index (χ2v) is 6.50. The minimum atomic E-state index is -0.0940. The second kappa shape index (κ2) is 9.30. The highest BCUT2D eigenvalue weighted by Crippen LogP contribution is 2.18. The molecule has 1 aliphatic carbocycles. The normalized spacial score (nSPS) is 15.4. The van der Waals surface area contributed by atoms with Gasteiger partial charge in [-0.3, -0.25) is 9.59 Å². The molecule has 0 unspecified atom stereocenters. The van der Waals surface area contributed by atoms with E-state index in [4.69, 9.17) is 0 Å². The van der Waals surface area contributed by atoms with Gasteiger partial charge >= 0.3 is 0 Å². The summed E-state index contributed by atoms with van der Waals surface area (Å²) < 4.78 is 0. The van der Waals surface area contributed by atoms with Gasteiger partial charge in [0.2, 0.25) is 5.91 Å². The molecule has 5 heteroatoms. The van der Waals surface area contributed by atoms with Gasteiger partial charge in [-0.1, -0.05) is 31.7 Å². The van der Waals surface area contributed by atoms with Crippen LogP contribution in [0.25, 0.3) is 0 Å². The van der Waals surface area contributed by atoms with Crippen molar-refractivity contribution in [1.29, 1.82) is 0 Å². The maximum absolute atomic E-state index is 12.2. The summed E-state index contributed by atoms with van der Waals surface area (Å²) in [5.41, 5.74) is 2.45. The highest BCUT2D eigenvalue weighted by molar-refractivity contribution is 5.95. The van der Waals surface area contributed by atoms with E-state index in [1.165, 1.54) is 25.7 Å². The van der Waals surface area contributed by atoms with Crippen LogP contribution in [0.3, 0.4) is 0 Å². The Kier molecular flexibility index (Phi) is 7.09. The van der Waals surface area contributed by atoms with E-state index in [-0.39, 0.29) is 18.4 Å². The molecule has 132 valence electrons.